The van der Waals surface area contributed by atoms with Crippen molar-refractivity contribution in [2.24, 2.45) is 0 Å². The topological polar surface area (TPSA) is 106 Å². The average molecular weight is 422 g/mol. The minimum Gasteiger partial charge on any atom is -0.458 e. The van der Waals surface area contributed by atoms with Crippen molar-refractivity contribution >= 4 is 11.8 Å². The second-order valence-electron chi connectivity index (χ2n) is 7.84. The fraction of sp³-hybridized carbons (Fsp3) is 0.409. The van der Waals surface area contributed by atoms with Crippen LogP contribution in [0.15, 0.2) is 46.9 Å². The first kappa shape index (κ1) is 20.8. The number of nitrogens with zero attached hydrogens (tertiary/aromatic N) is 5. The average Bonchev–Trinajstić information content (AvgIpc) is 3.51. The number of carbonyl (C=O) groups excluding carboxylic acids is 2. The van der Waals surface area contributed by atoms with Crippen molar-refractivity contribution in [2.75, 3.05) is 6.54 Å². The molecule has 1 fully saturated rings. The molecule has 1 aromatic carbocycles. The highest BCUT2D eigenvalue weighted by Gasteiger charge is 2.23. The van der Waals surface area contributed by atoms with Crippen molar-refractivity contribution in [3.63, 3.8) is 0 Å². The summed E-state index contributed by atoms with van der Waals surface area (Å²) >= 11 is 0. The smallest absolute Gasteiger partial charge is 0.247 e. The van der Waals surface area contributed by atoms with Gasteiger partial charge in [-0.05, 0) is 42.7 Å². The maximum absolute atomic E-state index is 13.0. The van der Waals surface area contributed by atoms with Gasteiger partial charge in [-0.25, -0.2) is 0 Å². The lowest BCUT2D eigenvalue weighted by atomic mass is 10.2. The van der Waals surface area contributed by atoms with Gasteiger partial charge in [-0.1, -0.05) is 43.2 Å². The van der Waals surface area contributed by atoms with Gasteiger partial charge in [0.25, 0.3) is 0 Å². The maximum Gasteiger partial charge on any atom is 0.247 e. The third kappa shape index (κ3) is 5.56. The summed E-state index contributed by atoms with van der Waals surface area (Å²) in [5.74, 6) is 1.15. The number of furan rings is 1. The predicted molar refractivity (Wildman–Crippen MR) is 113 cm³/mol. The van der Waals surface area contributed by atoms with Gasteiger partial charge in [0.15, 0.2) is 5.76 Å². The molecule has 1 aliphatic carbocycles. The maximum atomic E-state index is 13.0. The quantitative estimate of drug-likeness (QED) is 0.597. The van der Waals surface area contributed by atoms with Gasteiger partial charge in [0.2, 0.25) is 17.6 Å². The molecule has 0 unspecified atom stereocenters. The van der Waals surface area contributed by atoms with Gasteiger partial charge < -0.3 is 14.6 Å². The number of tetrazole rings is 1. The normalized spacial score (nSPS) is 14.0. The number of rotatable bonds is 8. The molecular weight excluding hydrogens is 396 g/mol. The van der Waals surface area contributed by atoms with Crippen LogP contribution >= 0.6 is 0 Å². The minimum absolute atomic E-state index is 0.0108. The largest absolute Gasteiger partial charge is 0.458 e. The van der Waals surface area contributed by atoms with Crippen LogP contribution in [0.4, 0.5) is 0 Å². The Kier molecular flexibility index (Phi) is 6.40. The molecule has 0 saturated heterocycles. The zero-order valence-electron chi connectivity index (χ0n) is 17.5. The van der Waals surface area contributed by atoms with Crippen molar-refractivity contribution in [1.29, 1.82) is 0 Å². The van der Waals surface area contributed by atoms with Crippen LogP contribution in [0.3, 0.4) is 0 Å². The van der Waals surface area contributed by atoms with Gasteiger partial charge in [0.05, 0.1) is 6.54 Å². The molecule has 1 N–H and O–H groups in total. The molecule has 0 spiro atoms. The standard InChI is InChI=1S/C22H26N6O3/c1-16-11-12-19(31-16)22-24-26-28(25-22)15-21(30)27(13-17-7-3-2-4-8-17)14-20(29)23-18-9-5-6-10-18/h2-4,7-8,11-12,18H,5-6,9-10,13-15H2,1H3,(H,23,29). The fourth-order valence-electron chi connectivity index (χ4n) is 3.74. The van der Waals surface area contributed by atoms with Crippen molar-refractivity contribution in [1.82, 2.24) is 30.4 Å². The van der Waals surface area contributed by atoms with Crippen LogP contribution in [0.5, 0.6) is 0 Å². The Morgan fingerprint density at radius 1 is 1.16 bits per heavy atom. The minimum atomic E-state index is -0.259. The molecule has 2 aromatic heterocycles. The number of hydrogen-bond acceptors (Lipinski definition) is 6. The van der Waals surface area contributed by atoms with E-state index in [9.17, 15) is 9.59 Å². The van der Waals surface area contributed by atoms with Crippen LogP contribution in [0.2, 0.25) is 0 Å². The molecule has 0 radical (unpaired) electrons. The van der Waals surface area contributed by atoms with Crippen molar-refractivity contribution < 1.29 is 14.0 Å². The molecule has 1 aliphatic rings. The summed E-state index contributed by atoms with van der Waals surface area (Å²) in [5.41, 5.74) is 0.947. The molecule has 0 bridgehead atoms. The zero-order valence-corrected chi connectivity index (χ0v) is 17.5. The Bertz CT molecular complexity index is 1020. The van der Waals surface area contributed by atoms with Gasteiger partial charge in [-0.2, -0.15) is 4.80 Å². The molecule has 9 nitrogen and oxygen atoms in total. The predicted octanol–water partition coefficient (Wildman–Crippen LogP) is 2.33. The van der Waals surface area contributed by atoms with Crippen LogP contribution in [0.25, 0.3) is 11.6 Å². The highest BCUT2D eigenvalue weighted by Crippen LogP contribution is 2.18. The SMILES string of the molecule is Cc1ccc(-c2nnn(CC(=O)N(CC(=O)NC3CCCC3)Cc3ccccc3)n2)o1. The number of aryl methyl sites for hydroxylation is 1. The first-order valence-electron chi connectivity index (χ1n) is 10.5. The number of benzene rings is 1. The first-order valence-corrected chi connectivity index (χ1v) is 10.5. The number of amides is 2. The van der Waals surface area contributed by atoms with Crippen molar-refractivity contribution in [3.8, 4) is 11.6 Å². The van der Waals surface area contributed by atoms with Gasteiger partial charge in [-0.3, -0.25) is 9.59 Å². The van der Waals surface area contributed by atoms with E-state index in [0.717, 1.165) is 37.0 Å². The second-order valence-corrected chi connectivity index (χ2v) is 7.84. The summed E-state index contributed by atoms with van der Waals surface area (Å²) in [6.45, 7) is 2.03. The van der Waals surface area contributed by atoms with E-state index in [1.54, 1.807) is 6.07 Å². The van der Waals surface area contributed by atoms with Crippen molar-refractivity contribution in [3.05, 3.63) is 53.8 Å². The van der Waals surface area contributed by atoms with Crippen molar-refractivity contribution in [2.45, 2.75) is 51.7 Å². The summed E-state index contributed by atoms with van der Waals surface area (Å²) in [4.78, 5) is 28.4. The highest BCUT2D eigenvalue weighted by molar-refractivity contribution is 5.84. The third-order valence-corrected chi connectivity index (χ3v) is 5.31. The number of hydrogen-bond donors (Lipinski definition) is 1. The lowest BCUT2D eigenvalue weighted by Gasteiger charge is -2.23. The van der Waals surface area contributed by atoms with E-state index in [1.807, 2.05) is 43.3 Å². The van der Waals surface area contributed by atoms with E-state index >= 15 is 0 Å². The van der Waals surface area contributed by atoms with Crippen LogP contribution in [-0.2, 0) is 22.7 Å². The van der Waals surface area contributed by atoms with Crippen LogP contribution in [0.1, 0.15) is 37.0 Å². The molecule has 4 rings (SSSR count). The molecule has 2 amide bonds. The van der Waals surface area contributed by atoms with Crippen LogP contribution in [0, 0.1) is 6.92 Å². The molecule has 1 saturated carbocycles. The molecule has 0 aliphatic heterocycles. The van der Waals surface area contributed by atoms with Crippen LogP contribution < -0.4 is 5.32 Å². The van der Waals surface area contributed by atoms with E-state index in [0.29, 0.717) is 18.1 Å². The fourth-order valence-corrected chi connectivity index (χ4v) is 3.74. The van der Waals surface area contributed by atoms with E-state index < -0.39 is 0 Å². The van der Waals surface area contributed by atoms with Gasteiger partial charge in [0.1, 0.15) is 12.3 Å². The Labute approximate surface area is 180 Å². The van der Waals surface area contributed by atoms with Gasteiger partial charge in [-0.15, -0.1) is 10.2 Å². The molecule has 2 heterocycles. The summed E-state index contributed by atoms with van der Waals surface area (Å²) in [5, 5.41) is 15.2. The van der Waals surface area contributed by atoms with Gasteiger partial charge >= 0.3 is 0 Å². The molecule has 9 heteroatoms. The first-order chi connectivity index (χ1) is 15.1. The van der Waals surface area contributed by atoms with E-state index in [1.165, 1.54) is 9.70 Å². The monoisotopic (exact) mass is 422 g/mol. The Morgan fingerprint density at radius 2 is 1.94 bits per heavy atom. The lowest BCUT2D eigenvalue weighted by molar-refractivity contribution is -0.137. The summed E-state index contributed by atoms with van der Waals surface area (Å²) in [6.07, 6.45) is 4.26. The lowest BCUT2D eigenvalue weighted by Crippen LogP contribution is -2.44. The molecular formula is C22H26N6O3. The van der Waals surface area contributed by atoms with E-state index in [4.69, 9.17) is 4.42 Å². The molecule has 0 atom stereocenters. The number of aromatic nitrogens is 4. The Hall–Kier alpha value is -3.49. The molecule has 31 heavy (non-hydrogen) atoms. The summed E-state index contributed by atoms with van der Waals surface area (Å²) in [6, 6.07) is 13.4. The molecule has 3 aromatic rings. The second kappa shape index (κ2) is 9.55. The van der Waals surface area contributed by atoms with Gasteiger partial charge in [0, 0.05) is 12.6 Å². The van der Waals surface area contributed by atoms with Crippen LogP contribution in [-0.4, -0.2) is 49.5 Å². The summed E-state index contributed by atoms with van der Waals surface area (Å²) in [7, 11) is 0. The highest BCUT2D eigenvalue weighted by atomic mass is 16.3. The Balaban J connectivity index is 1.43. The van der Waals surface area contributed by atoms with E-state index in [-0.39, 0.29) is 30.9 Å². The molecule has 162 valence electrons. The number of carbonyl (C=O) groups is 2. The van der Waals surface area contributed by atoms with E-state index in [2.05, 4.69) is 20.7 Å². The Morgan fingerprint density at radius 3 is 2.65 bits per heavy atom. The zero-order chi connectivity index (χ0) is 21.6. The number of nitrogens with one attached hydrogen (secondary N) is 1. The summed E-state index contributed by atoms with van der Waals surface area (Å²) < 4.78 is 5.50. The third-order valence-electron chi connectivity index (χ3n) is 5.31.